The van der Waals surface area contributed by atoms with Crippen LogP contribution in [0.15, 0.2) is 30.0 Å². The molecule has 2 saturated heterocycles. The average molecular weight is 425 g/mol. The van der Waals surface area contributed by atoms with Crippen LogP contribution in [-0.4, -0.2) is 54.6 Å². The van der Waals surface area contributed by atoms with E-state index in [2.05, 4.69) is 35.1 Å². The number of hydrogen-bond acceptors (Lipinski definition) is 4. The molecule has 0 aromatic carbocycles. The van der Waals surface area contributed by atoms with Gasteiger partial charge in [0, 0.05) is 45.0 Å². The average Bonchev–Trinajstić information content (AvgIpc) is 2.72. The first-order valence-corrected chi connectivity index (χ1v) is 10.7. The number of alkyl halides is 3. The van der Waals surface area contributed by atoms with Gasteiger partial charge in [-0.05, 0) is 51.7 Å². The minimum absolute atomic E-state index is 0.0491. The van der Waals surface area contributed by atoms with Crippen LogP contribution in [0.3, 0.4) is 0 Å². The molecule has 8 heteroatoms. The van der Waals surface area contributed by atoms with Crippen LogP contribution in [0, 0.1) is 5.92 Å². The van der Waals surface area contributed by atoms with E-state index >= 15 is 0 Å². The third-order valence-corrected chi connectivity index (χ3v) is 5.88. The smallest absolute Gasteiger partial charge is 0.355 e. The van der Waals surface area contributed by atoms with Gasteiger partial charge in [-0.25, -0.2) is 4.98 Å². The van der Waals surface area contributed by atoms with Gasteiger partial charge in [-0.3, -0.25) is 9.69 Å². The van der Waals surface area contributed by atoms with E-state index in [1.54, 1.807) is 4.90 Å². The number of amides is 1. The van der Waals surface area contributed by atoms with E-state index in [1.165, 1.54) is 17.8 Å². The summed E-state index contributed by atoms with van der Waals surface area (Å²) in [5.74, 6) is -0.437. The van der Waals surface area contributed by atoms with E-state index in [0.29, 0.717) is 19.4 Å². The van der Waals surface area contributed by atoms with Crippen molar-refractivity contribution in [3.05, 3.63) is 35.5 Å². The maximum Gasteiger partial charge on any atom is 0.419 e. The SMILES string of the molecule is CC(C)=CCN1CCC(NC(=O)C2CCCN(c3ncccc3C(F)(F)F)C2)CC1. The highest BCUT2D eigenvalue weighted by Gasteiger charge is 2.37. The molecule has 2 aliphatic rings. The molecule has 0 radical (unpaired) electrons. The summed E-state index contributed by atoms with van der Waals surface area (Å²) in [6, 6.07) is 2.48. The van der Waals surface area contributed by atoms with Crippen molar-refractivity contribution < 1.29 is 18.0 Å². The molecule has 166 valence electrons. The summed E-state index contributed by atoms with van der Waals surface area (Å²) in [5.41, 5.74) is 0.559. The highest BCUT2D eigenvalue weighted by Crippen LogP contribution is 2.36. The Kier molecular flexibility index (Phi) is 7.39. The lowest BCUT2D eigenvalue weighted by atomic mass is 9.95. The molecule has 1 amide bonds. The van der Waals surface area contributed by atoms with Crippen LogP contribution in [0.25, 0.3) is 0 Å². The monoisotopic (exact) mass is 424 g/mol. The zero-order valence-electron chi connectivity index (χ0n) is 17.7. The normalized spacial score (nSPS) is 21.4. The molecule has 0 saturated carbocycles. The lowest BCUT2D eigenvalue weighted by Crippen LogP contribution is -2.49. The molecular formula is C22H31F3N4O. The Morgan fingerprint density at radius 1 is 1.23 bits per heavy atom. The number of carbonyl (C=O) groups is 1. The van der Waals surface area contributed by atoms with E-state index in [4.69, 9.17) is 0 Å². The van der Waals surface area contributed by atoms with Gasteiger partial charge >= 0.3 is 6.18 Å². The lowest BCUT2D eigenvalue weighted by molar-refractivity contribution is -0.137. The zero-order valence-corrected chi connectivity index (χ0v) is 17.7. The third-order valence-electron chi connectivity index (χ3n) is 5.88. The molecule has 2 aliphatic heterocycles. The van der Waals surface area contributed by atoms with Crippen LogP contribution in [0.2, 0.25) is 0 Å². The lowest BCUT2D eigenvalue weighted by Gasteiger charge is -2.36. The first-order valence-electron chi connectivity index (χ1n) is 10.7. The molecule has 1 aromatic rings. The largest absolute Gasteiger partial charge is 0.419 e. The van der Waals surface area contributed by atoms with E-state index in [0.717, 1.165) is 38.5 Å². The molecular weight excluding hydrogens is 393 g/mol. The standard InChI is InChI=1S/C22H31F3N4O/c1-16(2)7-12-28-13-8-18(9-14-28)27-21(30)17-5-4-11-29(15-17)20-19(22(23,24)25)6-3-10-26-20/h3,6-7,10,17-18H,4-5,8-9,11-15H2,1-2H3,(H,27,30). The number of piperidine rings is 2. The fraction of sp³-hybridized carbons (Fsp3) is 0.636. The Labute approximate surface area is 176 Å². The quantitative estimate of drug-likeness (QED) is 0.730. The number of allylic oxidation sites excluding steroid dienone is 1. The predicted octanol–water partition coefficient (Wildman–Crippen LogP) is 3.86. The molecule has 1 unspecified atom stereocenters. The van der Waals surface area contributed by atoms with Crippen LogP contribution < -0.4 is 10.2 Å². The number of nitrogens with zero attached hydrogens (tertiary/aromatic N) is 3. The molecule has 1 aromatic heterocycles. The van der Waals surface area contributed by atoms with Crippen LogP contribution in [0.5, 0.6) is 0 Å². The van der Waals surface area contributed by atoms with Gasteiger partial charge in [0.25, 0.3) is 0 Å². The van der Waals surface area contributed by atoms with Gasteiger partial charge in [0.1, 0.15) is 5.82 Å². The van der Waals surface area contributed by atoms with Crippen LogP contribution >= 0.6 is 0 Å². The van der Waals surface area contributed by atoms with Gasteiger partial charge in [-0.15, -0.1) is 0 Å². The van der Waals surface area contributed by atoms with Crippen LogP contribution in [0.1, 0.15) is 45.1 Å². The topological polar surface area (TPSA) is 48.5 Å². The van der Waals surface area contributed by atoms with Gasteiger partial charge in [0.15, 0.2) is 0 Å². The third kappa shape index (κ3) is 5.97. The maximum absolute atomic E-state index is 13.3. The molecule has 3 heterocycles. The van der Waals surface area contributed by atoms with Gasteiger partial charge in [0.05, 0.1) is 11.5 Å². The summed E-state index contributed by atoms with van der Waals surface area (Å²) < 4.78 is 40.0. The van der Waals surface area contributed by atoms with Crippen molar-refractivity contribution >= 4 is 11.7 Å². The Hall–Kier alpha value is -2.09. The summed E-state index contributed by atoms with van der Waals surface area (Å²) in [5, 5.41) is 3.14. The second-order valence-electron chi connectivity index (χ2n) is 8.52. The minimum atomic E-state index is -4.46. The maximum atomic E-state index is 13.3. The van der Waals surface area contributed by atoms with Crippen molar-refractivity contribution in [2.24, 2.45) is 5.92 Å². The minimum Gasteiger partial charge on any atom is -0.355 e. The molecule has 0 spiro atoms. The number of carbonyl (C=O) groups excluding carboxylic acids is 1. The number of anilines is 1. The second-order valence-corrected chi connectivity index (χ2v) is 8.52. The predicted molar refractivity (Wildman–Crippen MR) is 111 cm³/mol. The van der Waals surface area contributed by atoms with Crippen molar-refractivity contribution in [1.29, 1.82) is 0 Å². The highest BCUT2D eigenvalue weighted by molar-refractivity contribution is 5.80. The molecule has 2 fully saturated rings. The molecule has 3 rings (SSSR count). The number of aromatic nitrogens is 1. The summed E-state index contributed by atoms with van der Waals surface area (Å²) in [6.45, 7) is 7.74. The Bertz CT molecular complexity index is 753. The summed E-state index contributed by atoms with van der Waals surface area (Å²) >= 11 is 0. The van der Waals surface area contributed by atoms with E-state index in [9.17, 15) is 18.0 Å². The Morgan fingerprint density at radius 2 is 1.97 bits per heavy atom. The van der Waals surface area contributed by atoms with Crippen molar-refractivity contribution in [3.63, 3.8) is 0 Å². The highest BCUT2D eigenvalue weighted by atomic mass is 19.4. The number of halogens is 3. The van der Waals surface area contributed by atoms with Crippen molar-refractivity contribution in [3.8, 4) is 0 Å². The first kappa shape index (κ1) is 22.6. The van der Waals surface area contributed by atoms with Gasteiger partial charge in [-0.1, -0.05) is 11.6 Å². The number of nitrogens with one attached hydrogen (secondary N) is 1. The number of pyridine rings is 1. The molecule has 1 atom stereocenters. The summed E-state index contributed by atoms with van der Waals surface area (Å²) in [6.07, 6.45) is 2.29. The van der Waals surface area contributed by atoms with Crippen molar-refractivity contribution in [2.45, 2.75) is 51.7 Å². The number of rotatable bonds is 5. The Morgan fingerprint density at radius 3 is 2.63 bits per heavy atom. The summed E-state index contributed by atoms with van der Waals surface area (Å²) in [4.78, 5) is 20.8. The molecule has 0 bridgehead atoms. The zero-order chi connectivity index (χ0) is 21.7. The van der Waals surface area contributed by atoms with Crippen LogP contribution in [0.4, 0.5) is 19.0 Å². The van der Waals surface area contributed by atoms with Gasteiger partial charge in [0.2, 0.25) is 5.91 Å². The molecule has 1 N–H and O–H groups in total. The first-order chi connectivity index (χ1) is 14.2. The number of likely N-dealkylation sites (tertiary alicyclic amines) is 1. The van der Waals surface area contributed by atoms with E-state index in [1.807, 2.05) is 0 Å². The van der Waals surface area contributed by atoms with Crippen molar-refractivity contribution in [2.75, 3.05) is 37.6 Å². The second kappa shape index (κ2) is 9.81. The van der Waals surface area contributed by atoms with Crippen LogP contribution in [-0.2, 0) is 11.0 Å². The summed E-state index contributed by atoms with van der Waals surface area (Å²) in [7, 11) is 0. The van der Waals surface area contributed by atoms with Crippen molar-refractivity contribution in [1.82, 2.24) is 15.2 Å². The molecule has 30 heavy (non-hydrogen) atoms. The molecule has 0 aliphatic carbocycles. The fourth-order valence-corrected chi connectivity index (χ4v) is 4.14. The fourth-order valence-electron chi connectivity index (χ4n) is 4.14. The molecule has 5 nitrogen and oxygen atoms in total. The van der Waals surface area contributed by atoms with E-state index < -0.39 is 11.7 Å². The van der Waals surface area contributed by atoms with Gasteiger partial charge < -0.3 is 10.2 Å². The van der Waals surface area contributed by atoms with E-state index in [-0.39, 0.29) is 30.2 Å². The Balaban J connectivity index is 1.55. The van der Waals surface area contributed by atoms with Gasteiger partial charge in [-0.2, -0.15) is 13.2 Å². The number of hydrogen-bond donors (Lipinski definition) is 1.